The molecule has 1 aliphatic heterocycles. The molecular weight excluding hydrogens is 472 g/mol. The highest BCUT2D eigenvalue weighted by atomic mass is 32.2. The average molecular weight is 495 g/mol. The molecule has 1 amide bonds. The zero-order valence-electron chi connectivity index (χ0n) is 17.9. The number of carbonyl (C=O) groups is 1. The molecule has 12 heteroatoms. The fourth-order valence-corrected chi connectivity index (χ4v) is 5.54. The van der Waals surface area contributed by atoms with Crippen molar-refractivity contribution in [2.75, 3.05) is 26.9 Å². The Labute approximate surface area is 195 Å². The van der Waals surface area contributed by atoms with E-state index in [0.29, 0.717) is 22.3 Å². The van der Waals surface area contributed by atoms with Crippen LogP contribution in [0.25, 0.3) is 0 Å². The predicted octanol–water partition coefficient (Wildman–Crippen LogP) is 3.83. The van der Waals surface area contributed by atoms with Crippen LogP contribution in [0.4, 0.5) is 11.4 Å². The summed E-state index contributed by atoms with van der Waals surface area (Å²) in [7, 11) is -0.728. The summed E-state index contributed by atoms with van der Waals surface area (Å²) in [5.41, 5.74) is 0.468. The first kappa shape index (κ1) is 24.2. The number of aliphatic imine (C=N–C) groups is 1. The number of benzene rings is 2. The number of amidine groups is 1. The van der Waals surface area contributed by atoms with Crippen molar-refractivity contribution in [3.63, 3.8) is 0 Å². The first-order valence-electron chi connectivity index (χ1n) is 9.47. The number of carbonyl (C=O) groups excluding carboxylic acids is 1. The number of nitro groups is 1. The van der Waals surface area contributed by atoms with E-state index in [0.717, 1.165) is 4.31 Å². The number of hydrogen-bond acceptors (Lipinski definition) is 8. The highest BCUT2D eigenvalue weighted by Gasteiger charge is 2.32. The van der Waals surface area contributed by atoms with Crippen molar-refractivity contribution < 1.29 is 18.1 Å². The Kier molecular flexibility index (Phi) is 7.28. The molecular formula is C20H22N4O5S3. The molecule has 9 nitrogen and oxygen atoms in total. The summed E-state index contributed by atoms with van der Waals surface area (Å²) in [5, 5.41) is 11.9. The minimum Gasteiger partial charge on any atom is -0.286 e. The van der Waals surface area contributed by atoms with Crippen LogP contribution in [-0.2, 0) is 10.0 Å². The number of nitrogens with zero attached hydrogens (tertiary/aromatic N) is 4. The standard InChI is InChI=1S/C20H22N4O5S3/c1-13-12-23(19(25)14-8-9-18(30-4)17(10-14)24(26)27)20(31-13)21-15-6-5-7-16(11-15)32(28,29)22(2)3/h5-11,13H,12H2,1-4H3. The SMILES string of the molecule is CSc1ccc(C(=O)N2CC(C)SC2=Nc2cccc(S(=O)(=O)N(C)C)c2)cc1[N+](=O)[O-]. The van der Waals surface area contributed by atoms with Gasteiger partial charge in [0.15, 0.2) is 5.17 Å². The fourth-order valence-electron chi connectivity index (χ4n) is 3.03. The molecule has 1 atom stereocenters. The van der Waals surface area contributed by atoms with Crippen molar-refractivity contribution >= 4 is 56.0 Å². The van der Waals surface area contributed by atoms with Gasteiger partial charge < -0.3 is 0 Å². The van der Waals surface area contributed by atoms with Crippen LogP contribution in [0.3, 0.4) is 0 Å². The van der Waals surface area contributed by atoms with Gasteiger partial charge in [-0.15, -0.1) is 11.8 Å². The van der Waals surface area contributed by atoms with E-state index in [4.69, 9.17) is 0 Å². The van der Waals surface area contributed by atoms with E-state index in [-0.39, 0.29) is 21.4 Å². The Bertz CT molecular complexity index is 1200. The summed E-state index contributed by atoms with van der Waals surface area (Å²) >= 11 is 2.62. The van der Waals surface area contributed by atoms with Crippen molar-refractivity contribution in [3.8, 4) is 0 Å². The van der Waals surface area contributed by atoms with E-state index in [2.05, 4.69) is 4.99 Å². The molecule has 1 aliphatic rings. The van der Waals surface area contributed by atoms with Gasteiger partial charge in [-0.1, -0.05) is 24.8 Å². The van der Waals surface area contributed by atoms with E-state index >= 15 is 0 Å². The van der Waals surface area contributed by atoms with Gasteiger partial charge in [-0.3, -0.25) is 19.8 Å². The second-order valence-corrected chi connectivity index (χ2v) is 11.6. The monoisotopic (exact) mass is 494 g/mol. The van der Waals surface area contributed by atoms with Crippen molar-refractivity contribution in [1.82, 2.24) is 9.21 Å². The van der Waals surface area contributed by atoms with E-state index < -0.39 is 20.9 Å². The molecule has 1 heterocycles. The van der Waals surface area contributed by atoms with Crippen LogP contribution in [0, 0.1) is 10.1 Å². The van der Waals surface area contributed by atoms with Crippen LogP contribution in [0.15, 0.2) is 57.2 Å². The van der Waals surface area contributed by atoms with E-state index in [9.17, 15) is 23.3 Å². The maximum absolute atomic E-state index is 13.2. The van der Waals surface area contributed by atoms with Crippen molar-refractivity contribution in [1.29, 1.82) is 0 Å². The third-order valence-corrected chi connectivity index (χ3v) is 8.34. The van der Waals surface area contributed by atoms with Gasteiger partial charge in [0.25, 0.3) is 11.6 Å². The quantitative estimate of drug-likeness (QED) is 0.341. The minimum absolute atomic E-state index is 0.0619. The van der Waals surface area contributed by atoms with Crippen LogP contribution in [-0.4, -0.2) is 65.8 Å². The highest BCUT2D eigenvalue weighted by Crippen LogP contribution is 2.33. The van der Waals surface area contributed by atoms with E-state index in [1.807, 2.05) is 6.92 Å². The first-order chi connectivity index (χ1) is 15.0. The summed E-state index contributed by atoms with van der Waals surface area (Å²) in [6.07, 6.45) is 1.73. The number of rotatable bonds is 6. The van der Waals surface area contributed by atoms with Gasteiger partial charge in [-0.25, -0.2) is 17.7 Å². The number of nitro benzene ring substituents is 1. The first-order valence-corrected chi connectivity index (χ1v) is 13.0. The number of hydrogen-bond donors (Lipinski definition) is 0. The van der Waals surface area contributed by atoms with Crippen LogP contribution in [0.5, 0.6) is 0 Å². The molecule has 0 saturated carbocycles. The van der Waals surface area contributed by atoms with E-state index in [1.165, 1.54) is 60.7 Å². The number of thioether (sulfide) groups is 2. The van der Waals surface area contributed by atoms with Crippen molar-refractivity contribution in [2.45, 2.75) is 22.0 Å². The lowest BCUT2D eigenvalue weighted by atomic mass is 10.1. The van der Waals surface area contributed by atoms with Gasteiger partial charge in [-0.2, -0.15) is 0 Å². The largest absolute Gasteiger partial charge is 0.286 e. The molecule has 0 N–H and O–H groups in total. The number of sulfonamides is 1. The van der Waals surface area contributed by atoms with Gasteiger partial charge in [0.2, 0.25) is 10.0 Å². The molecule has 2 aromatic carbocycles. The summed E-state index contributed by atoms with van der Waals surface area (Å²) in [5.74, 6) is -0.395. The summed E-state index contributed by atoms with van der Waals surface area (Å²) in [4.78, 5) is 30.6. The molecule has 0 aliphatic carbocycles. The molecule has 3 rings (SSSR count). The van der Waals surface area contributed by atoms with Crippen LogP contribution in [0.1, 0.15) is 17.3 Å². The Balaban J connectivity index is 1.97. The molecule has 0 aromatic heterocycles. The average Bonchev–Trinajstić information content (AvgIpc) is 3.12. The summed E-state index contributed by atoms with van der Waals surface area (Å²) < 4.78 is 26.0. The van der Waals surface area contributed by atoms with E-state index in [1.54, 1.807) is 30.5 Å². The molecule has 1 saturated heterocycles. The van der Waals surface area contributed by atoms with Gasteiger partial charge in [0.1, 0.15) is 0 Å². The van der Waals surface area contributed by atoms with Gasteiger partial charge >= 0.3 is 0 Å². The normalized spacial score (nSPS) is 17.8. The molecule has 1 unspecified atom stereocenters. The van der Waals surface area contributed by atoms with Gasteiger partial charge in [-0.05, 0) is 36.6 Å². The Morgan fingerprint density at radius 1 is 1.28 bits per heavy atom. The third kappa shape index (κ3) is 4.98. The van der Waals surface area contributed by atoms with Crippen LogP contribution < -0.4 is 0 Å². The zero-order chi connectivity index (χ0) is 23.6. The lowest BCUT2D eigenvalue weighted by Crippen LogP contribution is -2.32. The molecule has 2 aromatic rings. The third-order valence-electron chi connectivity index (χ3n) is 4.67. The molecule has 170 valence electrons. The summed E-state index contributed by atoms with van der Waals surface area (Å²) in [6, 6.07) is 10.6. The Hall–Kier alpha value is -2.41. The van der Waals surface area contributed by atoms with Gasteiger partial charge in [0.05, 0.1) is 20.4 Å². The lowest BCUT2D eigenvalue weighted by Gasteiger charge is -2.17. The highest BCUT2D eigenvalue weighted by molar-refractivity contribution is 8.14. The second kappa shape index (κ2) is 9.61. The predicted molar refractivity (Wildman–Crippen MR) is 127 cm³/mol. The number of amides is 1. The lowest BCUT2D eigenvalue weighted by molar-refractivity contribution is -0.387. The fraction of sp³-hybridized carbons (Fsp3) is 0.300. The van der Waals surface area contributed by atoms with Crippen LogP contribution >= 0.6 is 23.5 Å². The maximum Gasteiger partial charge on any atom is 0.283 e. The Morgan fingerprint density at radius 2 is 2.00 bits per heavy atom. The summed E-state index contributed by atoms with van der Waals surface area (Å²) in [6.45, 7) is 2.33. The van der Waals surface area contributed by atoms with Gasteiger partial charge in [0, 0.05) is 37.5 Å². The van der Waals surface area contributed by atoms with Crippen molar-refractivity contribution in [3.05, 3.63) is 58.1 Å². The molecule has 0 bridgehead atoms. The van der Waals surface area contributed by atoms with Crippen molar-refractivity contribution in [2.24, 2.45) is 4.99 Å². The zero-order valence-corrected chi connectivity index (χ0v) is 20.3. The topological polar surface area (TPSA) is 113 Å². The molecule has 32 heavy (non-hydrogen) atoms. The smallest absolute Gasteiger partial charge is 0.283 e. The Morgan fingerprint density at radius 3 is 2.62 bits per heavy atom. The molecule has 0 radical (unpaired) electrons. The van der Waals surface area contributed by atoms with Crippen LogP contribution in [0.2, 0.25) is 0 Å². The molecule has 0 spiro atoms. The minimum atomic E-state index is -3.63. The maximum atomic E-state index is 13.2. The molecule has 1 fully saturated rings. The second-order valence-electron chi connectivity index (χ2n) is 7.17.